The van der Waals surface area contributed by atoms with Crippen LogP contribution in [0.2, 0.25) is 10.0 Å². The van der Waals surface area contributed by atoms with Crippen molar-refractivity contribution in [2.45, 2.75) is 60.4 Å². The summed E-state index contributed by atoms with van der Waals surface area (Å²) in [6, 6.07) is 6.90. The van der Waals surface area contributed by atoms with Crippen LogP contribution in [-0.2, 0) is 4.74 Å². The van der Waals surface area contributed by atoms with Crippen LogP contribution in [-0.4, -0.2) is 11.4 Å². The molecule has 2 aromatic heterocycles. The van der Waals surface area contributed by atoms with Crippen molar-refractivity contribution < 1.29 is 13.6 Å². The van der Waals surface area contributed by atoms with E-state index in [4.69, 9.17) is 41.8 Å². The van der Waals surface area contributed by atoms with E-state index in [2.05, 4.69) is 20.8 Å². The maximum Gasteiger partial charge on any atom is 0.260 e. The van der Waals surface area contributed by atoms with Gasteiger partial charge in [-0.1, -0.05) is 44.0 Å². The summed E-state index contributed by atoms with van der Waals surface area (Å²) in [5, 5.41) is 1.31. The van der Waals surface area contributed by atoms with Gasteiger partial charge in [0.2, 0.25) is 11.2 Å². The lowest BCUT2D eigenvalue weighted by atomic mass is 9.82. The first-order valence-electron chi connectivity index (χ1n) is 12.6. The first kappa shape index (κ1) is 27.2. The highest BCUT2D eigenvalue weighted by molar-refractivity contribution is 6.35. The molecule has 6 nitrogen and oxygen atoms in total. The molecular weight excluding hydrogens is 537 g/mol. The minimum Gasteiger partial charge on any atom is -0.462 e. The Morgan fingerprint density at radius 1 is 0.872 bits per heavy atom. The van der Waals surface area contributed by atoms with Gasteiger partial charge in [0.05, 0.1) is 31.9 Å². The molecule has 3 heterocycles. The highest BCUT2D eigenvalue weighted by Crippen LogP contribution is 2.37. The van der Waals surface area contributed by atoms with E-state index in [1.807, 2.05) is 27.7 Å². The van der Waals surface area contributed by atoms with Crippen LogP contribution in [0.15, 0.2) is 53.9 Å². The lowest BCUT2D eigenvalue weighted by molar-refractivity contribution is 0.285. The van der Waals surface area contributed by atoms with Crippen LogP contribution in [0, 0.1) is 19.3 Å². The van der Waals surface area contributed by atoms with E-state index in [1.165, 1.54) is 12.3 Å². The Morgan fingerprint density at radius 2 is 1.46 bits per heavy atom. The third-order valence-corrected chi connectivity index (χ3v) is 6.95. The summed E-state index contributed by atoms with van der Waals surface area (Å²) in [6.07, 6.45) is 3.54. The van der Waals surface area contributed by atoms with Crippen molar-refractivity contribution in [1.82, 2.24) is 0 Å². The van der Waals surface area contributed by atoms with Gasteiger partial charge in [0.25, 0.3) is 5.90 Å². The van der Waals surface area contributed by atoms with Crippen molar-refractivity contribution in [3.8, 4) is 0 Å². The minimum atomic E-state index is -0.541. The van der Waals surface area contributed by atoms with Crippen LogP contribution in [0.5, 0.6) is 0 Å². The summed E-state index contributed by atoms with van der Waals surface area (Å²) < 4.78 is 18.1. The number of aliphatic imine (C=N–C) groups is 1. The Labute approximate surface area is 235 Å². The van der Waals surface area contributed by atoms with Crippen LogP contribution >= 0.6 is 23.2 Å². The average molecular weight is 566 g/mol. The van der Waals surface area contributed by atoms with Gasteiger partial charge in [0, 0.05) is 0 Å². The Kier molecular flexibility index (Phi) is 6.55. The topological polar surface area (TPSA) is 82.0 Å². The van der Waals surface area contributed by atoms with Gasteiger partial charge in [-0.25, -0.2) is 4.99 Å². The molecule has 8 heteroatoms. The van der Waals surface area contributed by atoms with Crippen molar-refractivity contribution in [1.29, 1.82) is 0 Å². The fraction of sp³-hybridized carbons (Fsp3) is 0.323. The summed E-state index contributed by atoms with van der Waals surface area (Å²) in [5.74, 6) is 0.481. The zero-order valence-electron chi connectivity index (χ0n) is 22.9. The number of benzene rings is 2. The van der Waals surface area contributed by atoms with E-state index in [-0.39, 0.29) is 50.4 Å². The number of aryl methyl sites for hydroxylation is 2. The van der Waals surface area contributed by atoms with Gasteiger partial charge in [-0.05, 0) is 81.0 Å². The number of rotatable bonds is 3. The van der Waals surface area contributed by atoms with Crippen LogP contribution in [0.1, 0.15) is 69.1 Å². The maximum absolute atomic E-state index is 13.8. The number of halogens is 2. The van der Waals surface area contributed by atoms with Crippen LogP contribution in [0.4, 0.5) is 0 Å². The summed E-state index contributed by atoms with van der Waals surface area (Å²) in [5.41, 5.74) is 1.38. The van der Waals surface area contributed by atoms with Crippen LogP contribution in [0.25, 0.3) is 33.8 Å². The molecule has 1 aliphatic rings. The molecule has 0 unspecified atom stereocenters. The van der Waals surface area contributed by atoms with Gasteiger partial charge >= 0.3 is 0 Å². The molecule has 0 saturated heterocycles. The van der Waals surface area contributed by atoms with Gasteiger partial charge < -0.3 is 13.6 Å². The molecule has 0 radical (unpaired) electrons. The second-order valence-electron chi connectivity index (χ2n) is 12.0. The first-order valence-corrected chi connectivity index (χ1v) is 13.4. The lowest BCUT2D eigenvalue weighted by Crippen LogP contribution is -2.26. The van der Waals surface area contributed by atoms with E-state index in [0.29, 0.717) is 26.4 Å². The number of fused-ring (bicyclic) bond motifs is 3. The van der Waals surface area contributed by atoms with Gasteiger partial charge in [-0.3, -0.25) is 9.59 Å². The Bertz CT molecular complexity index is 1850. The van der Waals surface area contributed by atoms with Crippen molar-refractivity contribution in [2.75, 3.05) is 0 Å². The second-order valence-corrected chi connectivity index (χ2v) is 12.8. The quantitative estimate of drug-likeness (QED) is 0.249. The molecular formula is C31H29Cl2NO5. The molecule has 0 N–H and O–H groups in total. The molecule has 4 aromatic rings. The SMILES string of the molecule is Cc1cc(Cl)c2occ(/C=C3\OC(=NC(C)(C)CC(C)(C)C)c4oc5c(Cl)cc(C)cc5c(=O)c43)c(=O)c2c1. The van der Waals surface area contributed by atoms with Crippen LogP contribution in [0.3, 0.4) is 0 Å². The highest BCUT2D eigenvalue weighted by Gasteiger charge is 2.35. The average Bonchev–Trinajstić information content (AvgIpc) is 3.11. The summed E-state index contributed by atoms with van der Waals surface area (Å²) in [4.78, 5) is 32.1. The Hall–Kier alpha value is -3.35. The van der Waals surface area contributed by atoms with Gasteiger partial charge in [0.1, 0.15) is 17.6 Å². The fourth-order valence-corrected chi connectivity index (χ4v) is 5.98. The van der Waals surface area contributed by atoms with E-state index >= 15 is 0 Å². The third-order valence-electron chi connectivity index (χ3n) is 6.39. The second kappa shape index (κ2) is 9.39. The molecule has 39 heavy (non-hydrogen) atoms. The standard InChI is InChI=1S/C31H29Cl2NO5/c1-15-8-18-24(35)17(13-37-26(18)20(32)10-15)12-22-23-25(36)19-9-16(2)11-21(33)27(19)39-28(23)29(38-22)34-31(6,7)14-30(3,4)5/h8-13H,14H2,1-7H3/b22-12-,34-29?. The zero-order chi connectivity index (χ0) is 28.4. The molecule has 0 spiro atoms. The normalized spacial score (nSPS) is 15.9. The summed E-state index contributed by atoms with van der Waals surface area (Å²) in [7, 11) is 0. The Morgan fingerprint density at radius 3 is 2.08 bits per heavy atom. The lowest BCUT2D eigenvalue weighted by Gasteiger charge is -2.29. The largest absolute Gasteiger partial charge is 0.462 e. The van der Waals surface area contributed by atoms with Crippen LogP contribution < -0.4 is 10.9 Å². The third kappa shape index (κ3) is 5.15. The van der Waals surface area contributed by atoms with Crippen molar-refractivity contribution in [3.63, 3.8) is 0 Å². The van der Waals surface area contributed by atoms with E-state index < -0.39 is 5.54 Å². The molecule has 0 amide bonds. The highest BCUT2D eigenvalue weighted by atomic mass is 35.5. The molecule has 202 valence electrons. The van der Waals surface area contributed by atoms with E-state index in [9.17, 15) is 9.59 Å². The maximum atomic E-state index is 13.8. The number of hydrogen-bond donors (Lipinski definition) is 0. The molecule has 2 aromatic carbocycles. The zero-order valence-corrected chi connectivity index (χ0v) is 24.4. The van der Waals surface area contributed by atoms with Gasteiger partial charge in [-0.15, -0.1) is 0 Å². The number of nitrogens with zero attached hydrogens (tertiary/aromatic N) is 1. The number of ether oxygens (including phenoxy) is 1. The summed E-state index contributed by atoms with van der Waals surface area (Å²) in [6.45, 7) is 14.1. The molecule has 0 bridgehead atoms. The number of hydrogen-bond acceptors (Lipinski definition) is 6. The molecule has 0 saturated carbocycles. The van der Waals surface area contributed by atoms with Crippen molar-refractivity contribution in [2.24, 2.45) is 10.4 Å². The van der Waals surface area contributed by atoms with E-state index in [1.54, 1.807) is 24.3 Å². The van der Waals surface area contributed by atoms with Gasteiger partial charge in [-0.2, -0.15) is 0 Å². The fourth-order valence-electron chi connectivity index (χ4n) is 5.35. The van der Waals surface area contributed by atoms with Crippen molar-refractivity contribution in [3.05, 3.63) is 89.0 Å². The Balaban J connectivity index is 1.77. The predicted molar refractivity (Wildman–Crippen MR) is 158 cm³/mol. The minimum absolute atomic E-state index is 0.0117. The molecule has 0 atom stereocenters. The monoisotopic (exact) mass is 565 g/mol. The molecule has 1 aliphatic heterocycles. The molecule has 5 rings (SSSR count). The van der Waals surface area contributed by atoms with E-state index in [0.717, 1.165) is 17.5 Å². The predicted octanol–water partition coefficient (Wildman–Crippen LogP) is 8.31. The van der Waals surface area contributed by atoms with Crippen molar-refractivity contribution >= 4 is 62.9 Å². The summed E-state index contributed by atoms with van der Waals surface area (Å²) >= 11 is 12.8. The molecule has 0 fully saturated rings. The smallest absolute Gasteiger partial charge is 0.260 e. The van der Waals surface area contributed by atoms with Gasteiger partial charge in [0.15, 0.2) is 16.6 Å². The first-order chi connectivity index (χ1) is 18.1. The molecule has 0 aliphatic carbocycles.